The fourth-order valence-electron chi connectivity index (χ4n) is 2.14. The number of nitrogens with zero attached hydrogens (tertiary/aromatic N) is 1. The zero-order chi connectivity index (χ0) is 13.5. The van der Waals surface area contributed by atoms with Crippen molar-refractivity contribution in [1.29, 1.82) is 0 Å². The minimum Gasteiger partial charge on any atom is -0.379 e. The van der Waals surface area contributed by atoms with Gasteiger partial charge in [0.1, 0.15) is 0 Å². The van der Waals surface area contributed by atoms with E-state index in [1.165, 1.54) is 12.0 Å². The van der Waals surface area contributed by atoms with Gasteiger partial charge in [0, 0.05) is 28.6 Å². The SMILES string of the molecule is Brc1ccc(CNCCCN2CCOCC2)c(Br)c1. The van der Waals surface area contributed by atoms with Gasteiger partial charge in [0.25, 0.3) is 0 Å². The van der Waals surface area contributed by atoms with E-state index in [0.717, 1.165) is 54.9 Å². The molecule has 0 aromatic heterocycles. The molecular formula is C14H20Br2N2O. The molecule has 0 spiro atoms. The lowest BCUT2D eigenvalue weighted by Gasteiger charge is -2.26. The first kappa shape index (κ1) is 15.4. The molecule has 0 unspecified atom stereocenters. The van der Waals surface area contributed by atoms with E-state index < -0.39 is 0 Å². The second kappa shape index (κ2) is 8.37. The van der Waals surface area contributed by atoms with Gasteiger partial charge in [0.2, 0.25) is 0 Å². The van der Waals surface area contributed by atoms with Crippen molar-refractivity contribution in [2.24, 2.45) is 0 Å². The average Bonchev–Trinajstić information content (AvgIpc) is 2.42. The third-order valence-electron chi connectivity index (χ3n) is 3.26. The minimum atomic E-state index is 0.888. The molecule has 0 radical (unpaired) electrons. The number of hydrogen-bond acceptors (Lipinski definition) is 3. The molecule has 1 aliphatic heterocycles. The van der Waals surface area contributed by atoms with Crippen LogP contribution < -0.4 is 5.32 Å². The fourth-order valence-corrected chi connectivity index (χ4v) is 3.33. The maximum absolute atomic E-state index is 5.34. The minimum absolute atomic E-state index is 0.888. The highest BCUT2D eigenvalue weighted by Crippen LogP contribution is 2.21. The summed E-state index contributed by atoms with van der Waals surface area (Å²) in [6.07, 6.45) is 1.19. The van der Waals surface area contributed by atoms with Crippen LogP contribution in [0.15, 0.2) is 27.1 Å². The van der Waals surface area contributed by atoms with Crippen molar-refractivity contribution in [3.8, 4) is 0 Å². The largest absolute Gasteiger partial charge is 0.379 e. The van der Waals surface area contributed by atoms with Crippen molar-refractivity contribution in [3.05, 3.63) is 32.7 Å². The van der Waals surface area contributed by atoms with E-state index >= 15 is 0 Å². The van der Waals surface area contributed by atoms with E-state index in [1.807, 2.05) is 0 Å². The fraction of sp³-hybridized carbons (Fsp3) is 0.571. The number of morpholine rings is 1. The second-order valence-electron chi connectivity index (χ2n) is 4.72. The number of rotatable bonds is 6. The second-order valence-corrected chi connectivity index (χ2v) is 6.49. The highest BCUT2D eigenvalue weighted by molar-refractivity contribution is 9.11. The van der Waals surface area contributed by atoms with Crippen LogP contribution in [-0.4, -0.2) is 44.3 Å². The zero-order valence-electron chi connectivity index (χ0n) is 11.0. The lowest BCUT2D eigenvalue weighted by atomic mass is 10.2. The summed E-state index contributed by atoms with van der Waals surface area (Å²) in [6.45, 7) is 7.07. The van der Waals surface area contributed by atoms with Crippen LogP contribution in [0.25, 0.3) is 0 Å². The molecule has 5 heteroatoms. The molecule has 1 fully saturated rings. The molecule has 0 atom stereocenters. The maximum atomic E-state index is 5.34. The Hall–Kier alpha value is 0.0600. The molecule has 1 aromatic carbocycles. The van der Waals surface area contributed by atoms with Crippen LogP contribution >= 0.6 is 31.9 Å². The summed E-state index contributed by atoms with van der Waals surface area (Å²) < 4.78 is 7.60. The average molecular weight is 392 g/mol. The Morgan fingerprint density at radius 3 is 2.74 bits per heavy atom. The topological polar surface area (TPSA) is 24.5 Å². The standard InChI is InChI=1S/C14H20Br2N2O/c15-13-3-2-12(14(16)10-13)11-17-4-1-5-18-6-8-19-9-7-18/h2-3,10,17H,1,4-9,11H2. The molecule has 0 amide bonds. The van der Waals surface area contributed by atoms with Gasteiger partial charge in [0.15, 0.2) is 0 Å². The summed E-state index contributed by atoms with van der Waals surface area (Å²) in [4.78, 5) is 2.47. The Morgan fingerprint density at radius 1 is 1.21 bits per heavy atom. The van der Waals surface area contributed by atoms with Gasteiger partial charge >= 0.3 is 0 Å². The molecule has 1 aromatic rings. The number of nitrogens with one attached hydrogen (secondary N) is 1. The molecule has 1 aliphatic rings. The van der Waals surface area contributed by atoms with Gasteiger partial charge in [-0.1, -0.05) is 37.9 Å². The van der Waals surface area contributed by atoms with Gasteiger partial charge in [-0.3, -0.25) is 4.90 Å². The summed E-state index contributed by atoms with van der Waals surface area (Å²) in [5.74, 6) is 0. The summed E-state index contributed by atoms with van der Waals surface area (Å²) >= 11 is 7.05. The van der Waals surface area contributed by atoms with E-state index in [9.17, 15) is 0 Å². The Labute approximate surface area is 132 Å². The summed E-state index contributed by atoms with van der Waals surface area (Å²) in [5.41, 5.74) is 1.30. The highest BCUT2D eigenvalue weighted by atomic mass is 79.9. The number of benzene rings is 1. The Balaban J connectivity index is 1.61. The molecule has 3 nitrogen and oxygen atoms in total. The molecule has 0 bridgehead atoms. The van der Waals surface area contributed by atoms with Gasteiger partial charge in [-0.25, -0.2) is 0 Å². The van der Waals surface area contributed by atoms with Gasteiger partial charge in [-0.05, 0) is 37.2 Å². The van der Waals surface area contributed by atoms with E-state index in [0.29, 0.717) is 0 Å². The van der Waals surface area contributed by atoms with Gasteiger partial charge in [-0.15, -0.1) is 0 Å². The molecule has 1 saturated heterocycles. The molecule has 2 rings (SSSR count). The lowest BCUT2D eigenvalue weighted by Crippen LogP contribution is -2.37. The highest BCUT2D eigenvalue weighted by Gasteiger charge is 2.08. The normalized spacial score (nSPS) is 16.7. The monoisotopic (exact) mass is 390 g/mol. The Kier molecular flexibility index (Phi) is 6.81. The number of halogens is 2. The van der Waals surface area contributed by atoms with Crippen molar-refractivity contribution in [2.45, 2.75) is 13.0 Å². The van der Waals surface area contributed by atoms with Gasteiger partial charge in [0.05, 0.1) is 13.2 Å². The van der Waals surface area contributed by atoms with Crippen molar-refractivity contribution in [1.82, 2.24) is 10.2 Å². The van der Waals surface area contributed by atoms with Crippen molar-refractivity contribution in [3.63, 3.8) is 0 Å². The van der Waals surface area contributed by atoms with E-state index in [-0.39, 0.29) is 0 Å². The van der Waals surface area contributed by atoms with Crippen LogP contribution in [0, 0.1) is 0 Å². The van der Waals surface area contributed by atoms with E-state index in [2.05, 4.69) is 60.3 Å². The van der Waals surface area contributed by atoms with Gasteiger partial charge < -0.3 is 10.1 Å². The van der Waals surface area contributed by atoms with Crippen molar-refractivity contribution >= 4 is 31.9 Å². The number of hydrogen-bond donors (Lipinski definition) is 1. The molecule has 19 heavy (non-hydrogen) atoms. The Bertz CT molecular complexity index is 395. The predicted octanol–water partition coefficient (Wildman–Crippen LogP) is 3.02. The van der Waals surface area contributed by atoms with Crippen LogP contribution in [0.1, 0.15) is 12.0 Å². The first-order valence-corrected chi connectivity index (χ1v) is 8.29. The first-order valence-electron chi connectivity index (χ1n) is 6.70. The smallest absolute Gasteiger partial charge is 0.0594 e. The van der Waals surface area contributed by atoms with Crippen molar-refractivity contribution in [2.75, 3.05) is 39.4 Å². The number of ether oxygens (including phenoxy) is 1. The zero-order valence-corrected chi connectivity index (χ0v) is 14.2. The van der Waals surface area contributed by atoms with E-state index in [1.54, 1.807) is 0 Å². The van der Waals surface area contributed by atoms with Gasteiger partial charge in [-0.2, -0.15) is 0 Å². The van der Waals surface area contributed by atoms with Crippen LogP contribution in [0.3, 0.4) is 0 Å². The van der Waals surface area contributed by atoms with Crippen LogP contribution in [0.4, 0.5) is 0 Å². The third-order valence-corrected chi connectivity index (χ3v) is 4.49. The first-order chi connectivity index (χ1) is 9.25. The van der Waals surface area contributed by atoms with Crippen molar-refractivity contribution < 1.29 is 4.74 Å². The third kappa shape index (κ3) is 5.52. The molecule has 106 valence electrons. The predicted molar refractivity (Wildman–Crippen MR) is 85.4 cm³/mol. The molecule has 1 heterocycles. The summed E-state index contributed by atoms with van der Waals surface area (Å²) in [5, 5.41) is 3.50. The molecule has 1 N–H and O–H groups in total. The van der Waals surface area contributed by atoms with Crippen LogP contribution in [-0.2, 0) is 11.3 Å². The molecule has 0 saturated carbocycles. The van der Waals surface area contributed by atoms with E-state index in [4.69, 9.17) is 4.74 Å². The quantitative estimate of drug-likeness (QED) is 0.754. The summed E-state index contributed by atoms with van der Waals surface area (Å²) in [6, 6.07) is 6.31. The summed E-state index contributed by atoms with van der Waals surface area (Å²) in [7, 11) is 0. The van der Waals surface area contributed by atoms with Crippen LogP contribution in [0.2, 0.25) is 0 Å². The maximum Gasteiger partial charge on any atom is 0.0594 e. The van der Waals surface area contributed by atoms with Crippen LogP contribution in [0.5, 0.6) is 0 Å². The Morgan fingerprint density at radius 2 is 2.00 bits per heavy atom. The molecule has 0 aliphatic carbocycles. The lowest BCUT2D eigenvalue weighted by molar-refractivity contribution is 0.0374. The molecular weight excluding hydrogens is 372 g/mol.